The van der Waals surface area contributed by atoms with E-state index >= 15 is 0 Å². The highest BCUT2D eigenvalue weighted by Crippen LogP contribution is 2.26. The quantitative estimate of drug-likeness (QED) is 0.516. The number of halogens is 1. The lowest BCUT2D eigenvalue weighted by Crippen LogP contribution is -2.22. The summed E-state index contributed by atoms with van der Waals surface area (Å²) in [5.74, 6) is -0.248. The number of hydrogen-bond donors (Lipinski definition) is 2. The van der Waals surface area contributed by atoms with Crippen LogP contribution in [0.2, 0.25) is 5.02 Å². The van der Waals surface area contributed by atoms with Crippen LogP contribution in [0.25, 0.3) is 0 Å². The molecule has 6 nitrogen and oxygen atoms in total. The molecule has 0 radical (unpaired) electrons. The first-order chi connectivity index (χ1) is 14.9. The summed E-state index contributed by atoms with van der Waals surface area (Å²) >= 11 is 6.97. The van der Waals surface area contributed by atoms with Crippen LogP contribution >= 0.6 is 22.9 Å². The van der Waals surface area contributed by atoms with Crippen LogP contribution in [0.4, 0.5) is 0 Å². The Balaban J connectivity index is 1.62. The van der Waals surface area contributed by atoms with Crippen LogP contribution in [-0.4, -0.2) is 25.2 Å². The van der Waals surface area contributed by atoms with Crippen molar-refractivity contribution in [1.82, 2.24) is 14.9 Å². The zero-order valence-electron chi connectivity index (χ0n) is 17.0. The number of thiophene rings is 1. The smallest absolute Gasteiger partial charge is 0.277 e. The van der Waals surface area contributed by atoms with E-state index in [0.29, 0.717) is 10.6 Å². The zero-order valence-corrected chi connectivity index (χ0v) is 19.4. The van der Waals surface area contributed by atoms with Crippen molar-refractivity contribution < 1.29 is 13.2 Å². The van der Waals surface area contributed by atoms with Crippen LogP contribution < -0.4 is 10.6 Å². The molecule has 1 aromatic carbocycles. The van der Waals surface area contributed by atoms with Gasteiger partial charge in [-0.3, -0.25) is 4.79 Å². The van der Waals surface area contributed by atoms with E-state index in [2.05, 4.69) is 17.6 Å². The summed E-state index contributed by atoms with van der Waals surface area (Å²) in [7, 11) is -3.72. The largest absolute Gasteiger partial charge is 0.385 e. The summed E-state index contributed by atoms with van der Waals surface area (Å²) in [6.07, 6.45) is 10.5. The fraction of sp³-hybridized carbons (Fsp3) is 0.227. The van der Waals surface area contributed by atoms with Gasteiger partial charge in [0.15, 0.2) is 0 Å². The van der Waals surface area contributed by atoms with Crippen LogP contribution in [0.15, 0.2) is 76.9 Å². The maximum absolute atomic E-state index is 13.0. The molecule has 1 aromatic heterocycles. The van der Waals surface area contributed by atoms with Gasteiger partial charge >= 0.3 is 0 Å². The van der Waals surface area contributed by atoms with Gasteiger partial charge in [-0.15, -0.1) is 11.3 Å². The molecule has 31 heavy (non-hydrogen) atoms. The van der Waals surface area contributed by atoms with Gasteiger partial charge in [-0.25, -0.2) is 4.31 Å². The Morgan fingerprint density at radius 1 is 1.13 bits per heavy atom. The van der Waals surface area contributed by atoms with Crippen molar-refractivity contribution in [2.45, 2.75) is 30.5 Å². The molecule has 0 bridgehead atoms. The minimum absolute atomic E-state index is 0.208. The van der Waals surface area contributed by atoms with Crippen LogP contribution in [-0.2, 0) is 16.6 Å². The Bertz CT molecular complexity index is 1100. The number of carbonyl (C=O) groups excluding carboxylic acids is 1. The third-order valence-electron chi connectivity index (χ3n) is 4.47. The van der Waals surface area contributed by atoms with Crippen molar-refractivity contribution in [1.29, 1.82) is 0 Å². The molecule has 164 valence electrons. The second-order valence-electron chi connectivity index (χ2n) is 6.80. The molecule has 3 rings (SSSR count). The third kappa shape index (κ3) is 6.22. The van der Waals surface area contributed by atoms with Crippen molar-refractivity contribution in [3.8, 4) is 0 Å². The van der Waals surface area contributed by atoms with Gasteiger partial charge < -0.3 is 10.6 Å². The Morgan fingerprint density at radius 3 is 2.65 bits per heavy atom. The van der Waals surface area contributed by atoms with E-state index in [0.717, 1.165) is 41.3 Å². The lowest BCUT2D eigenvalue weighted by molar-refractivity contribution is 0.0951. The summed E-state index contributed by atoms with van der Waals surface area (Å²) < 4.78 is 27.4. The van der Waals surface area contributed by atoms with Crippen LogP contribution in [0.1, 0.15) is 35.0 Å². The van der Waals surface area contributed by atoms with Crippen molar-refractivity contribution in [3.63, 3.8) is 0 Å². The van der Waals surface area contributed by atoms with Gasteiger partial charge in [0.25, 0.3) is 15.9 Å². The summed E-state index contributed by atoms with van der Waals surface area (Å²) in [4.78, 5) is 13.0. The normalized spacial score (nSPS) is 13.6. The Labute approximate surface area is 192 Å². The molecule has 0 fully saturated rings. The molecule has 2 aromatic rings. The third-order valence-corrected chi connectivity index (χ3v) is 7.92. The fourth-order valence-corrected chi connectivity index (χ4v) is 5.45. The van der Waals surface area contributed by atoms with Gasteiger partial charge in [-0.1, -0.05) is 24.9 Å². The summed E-state index contributed by atoms with van der Waals surface area (Å²) in [5.41, 5.74) is 1.35. The molecule has 9 heteroatoms. The molecule has 2 N–H and O–H groups in total. The van der Waals surface area contributed by atoms with Crippen LogP contribution in [0.5, 0.6) is 0 Å². The van der Waals surface area contributed by atoms with Crippen LogP contribution in [0.3, 0.4) is 0 Å². The number of hydrogen-bond acceptors (Lipinski definition) is 5. The monoisotopic (exact) mass is 477 g/mol. The molecule has 1 aliphatic heterocycles. The highest BCUT2D eigenvalue weighted by Gasteiger charge is 2.22. The number of allylic oxidation sites excluding steroid dienone is 3. The summed E-state index contributed by atoms with van der Waals surface area (Å²) in [6, 6.07) is 9.84. The molecular formula is C22H24ClN3O3S2. The van der Waals surface area contributed by atoms with Gasteiger partial charge in [-0.2, -0.15) is 8.42 Å². The lowest BCUT2D eigenvalue weighted by Gasteiger charge is -2.14. The molecule has 0 atom stereocenters. The van der Waals surface area contributed by atoms with Crippen molar-refractivity contribution in [2.75, 3.05) is 6.54 Å². The molecule has 0 unspecified atom stereocenters. The number of benzene rings is 1. The highest BCUT2D eigenvalue weighted by atomic mass is 35.5. The van der Waals surface area contributed by atoms with Crippen LogP contribution in [0, 0.1) is 0 Å². The molecule has 0 saturated heterocycles. The first-order valence-electron chi connectivity index (χ1n) is 9.86. The van der Waals surface area contributed by atoms with E-state index in [1.807, 2.05) is 6.08 Å². The minimum Gasteiger partial charge on any atom is -0.385 e. The predicted octanol–water partition coefficient (Wildman–Crippen LogP) is 4.64. The molecular weight excluding hydrogens is 454 g/mol. The van der Waals surface area contributed by atoms with E-state index in [1.54, 1.807) is 48.6 Å². The molecule has 1 aliphatic rings. The first kappa shape index (κ1) is 23.1. The Kier molecular flexibility index (Phi) is 7.95. The van der Waals surface area contributed by atoms with Gasteiger partial charge in [0.05, 0.1) is 6.54 Å². The number of carbonyl (C=O) groups is 1. The average Bonchev–Trinajstić information content (AvgIpc) is 3.12. The van der Waals surface area contributed by atoms with Crippen molar-refractivity contribution in [2.24, 2.45) is 0 Å². The molecule has 1 amide bonds. The highest BCUT2D eigenvalue weighted by molar-refractivity contribution is 7.91. The lowest BCUT2D eigenvalue weighted by atomic mass is 10.2. The second-order valence-corrected chi connectivity index (χ2v) is 10.5. The second kappa shape index (κ2) is 10.7. The van der Waals surface area contributed by atoms with Gasteiger partial charge in [-0.05, 0) is 61.0 Å². The SMILES string of the molecule is CCCCNC1=CC=CN(S(=O)(=O)c2ccc(CNC(=O)c3ccc(Cl)cc3)s2)C=C1. The van der Waals surface area contributed by atoms with Crippen molar-refractivity contribution in [3.05, 3.63) is 88.2 Å². The van der Waals surface area contributed by atoms with Gasteiger partial charge in [0.1, 0.15) is 4.21 Å². The minimum atomic E-state index is -3.72. The summed E-state index contributed by atoms with van der Waals surface area (Å²) in [5, 5.41) is 6.63. The maximum Gasteiger partial charge on any atom is 0.277 e. The standard InChI is InChI=1S/C22H24ClN3O3S2/c1-2-3-13-24-19-5-4-14-26(15-12-19)31(28,29)21-11-10-20(30-21)16-25-22(27)17-6-8-18(23)9-7-17/h4-12,14-15,24H,2-3,13,16H2,1H3,(H,25,27). The fourth-order valence-electron chi connectivity index (χ4n) is 2.74. The van der Waals surface area contributed by atoms with Gasteiger partial charge in [0.2, 0.25) is 0 Å². The Morgan fingerprint density at radius 2 is 1.90 bits per heavy atom. The zero-order chi connectivity index (χ0) is 22.3. The summed E-state index contributed by atoms with van der Waals surface area (Å²) in [6.45, 7) is 3.19. The van der Waals surface area contributed by atoms with Gasteiger partial charge in [0, 0.05) is 40.1 Å². The van der Waals surface area contributed by atoms with E-state index in [4.69, 9.17) is 11.6 Å². The maximum atomic E-state index is 13.0. The van der Waals surface area contributed by atoms with E-state index < -0.39 is 10.0 Å². The number of rotatable bonds is 9. The van der Waals surface area contributed by atoms with E-state index in [-0.39, 0.29) is 16.7 Å². The number of nitrogens with zero attached hydrogens (tertiary/aromatic N) is 1. The molecule has 2 heterocycles. The topological polar surface area (TPSA) is 78.5 Å². The van der Waals surface area contributed by atoms with Crippen molar-refractivity contribution >= 4 is 38.9 Å². The predicted molar refractivity (Wildman–Crippen MR) is 125 cm³/mol. The number of amides is 1. The van der Waals surface area contributed by atoms with E-state index in [1.165, 1.54) is 16.7 Å². The number of sulfonamides is 1. The number of unbranched alkanes of at least 4 members (excludes halogenated alkanes) is 1. The average molecular weight is 478 g/mol. The molecule has 0 spiro atoms. The molecule has 0 saturated carbocycles. The molecule has 0 aliphatic carbocycles. The number of nitrogens with one attached hydrogen (secondary N) is 2. The Hall–Kier alpha value is -2.55. The first-order valence-corrected chi connectivity index (χ1v) is 12.5. The van der Waals surface area contributed by atoms with E-state index in [9.17, 15) is 13.2 Å².